The second-order valence-corrected chi connectivity index (χ2v) is 7.49. The maximum Gasteiger partial charge on any atom is 0.307 e. The largest absolute Gasteiger partial charge is 0.481 e. The van der Waals surface area contributed by atoms with E-state index in [-0.39, 0.29) is 6.42 Å². The average molecular weight is 402 g/mol. The fourth-order valence-corrected chi connectivity index (χ4v) is 4.09. The Morgan fingerprint density at radius 3 is 2.40 bits per heavy atom. The molecule has 0 atom stereocenters. The number of carboxylic acid groups (broad SMARTS) is 1. The molecule has 0 bridgehead atoms. The van der Waals surface area contributed by atoms with Crippen LogP contribution in [0.2, 0.25) is 0 Å². The Bertz CT molecular complexity index is 1200. The average Bonchev–Trinajstić information content (AvgIpc) is 3.25. The summed E-state index contributed by atoms with van der Waals surface area (Å²) in [6, 6.07) is 16.5. The third kappa shape index (κ3) is 3.61. The predicted molar refractivity (Wildman–Crippen MR) is 118 cm³/mol. The number of benzene rings is 2. The fourth-order valence-electron chi connectivity index (χ4n) is 4.09. The lowest BCUT2D eigenvalue weighted by Gasteiger charge is -2.09. The lowest BCUT2D eigenvalue weighted by atomic mass is 10.1. The van der Waals surface area contributed by atoms with Gasteiger partial charge in [0.2, 0.25) is 0 Å². The SMILES string of the molecule is CCc1nn(Cc2ccc(-c3nc4ccccc4n3C)cc2)c(CC)c1CC(=O)O. The Morgan fingerprint density at radius 2 is 1.77 bits per heavy atom. The van der Waals surface area contributed by atoms with Crippen molar-refractivity contribution in [3.05, 3.63) is 71.0 Å². The smallest absolute Gasteiger partial charge is 0.307 e. The highest BCUT2D eigenvalue weighted by Gasteiger charge is 2.18. The Morgan fingerprint density at radius 1 is 1.03 bits per heavy atom. The van der Waals surface area contributed by atoms with Gasteiger partial charge in [-0.25, -0.2) is 4.98 Å². The van der Waals surface area contributed by atoms with Crippen molar-refractivity contribution in [3.63, 3.8) is 0 Å². The first-order valence-corrected chi connectivity index (χ1v) is 10.3. The van der Waals surface area contributed by atoms with Crippen LogP contribution in [0.4, 0.5) is 0 Å². The number of hydrogen-bond acceptors (Lipinski definition) is 3. The second-order valence-electron chi connectivity index (χ2n) is 7.49. The molecule has 0 unspecified atom stereocenters. The summed E-state index contributed by atoms with van der Waals surface area (Å²) in [7, 11) is 2.03. The molecule has 0 aliphatic rings. The third-order valence-corrected chi connectivity index (χ3v) is 5.58. The van der Waals surface area contributed by atoms with Gasteiger partial charge < -0.3 is 9.67 Å². The second kappa shape index (κ2) is 8.14. The number of para-hydroxylation sites is 2. The molecule has 4 aromatic rings. The van der Waals surface area contributed by atoms with Crippen molar-refractivity contribution >= 4 is 17.0 Å². The normalized spacial score (nSPS) is 11.3. The number of aromatic nitrogens is 4. The zero-order valence-electron chi connectivity index (χ0n) is 17.6. The number of nitrogens with zero attached hydrogens (tertiary/aromatic N) is 4. The van der Waals surface area contributed by atoms with Gasteiger partial charge in [-0.2, -0.15) is 5.10 Å². The summed E-state index contributed by atoms with van der Waals surface area (Å²) < 4.78 is 4.07. The zero-order valence-corrected chi connectivity index (χ0v) is 17.6. The van der Waals surface area contributed by atoms with Crippen LogP contribution in [-0.2, 0) is 37.6 Å². The van der Waals surface area contributed by atoms with Crippen molar-refractivity contribution in [1.29, 1.82) is 0 Å². The maximum absolute atomic E-state index is 11.3. The highest BCUT2D eigenvalue weighted by Crippen LogP contribution is 2.24. The van der Waals surface area contributed by atoms with Crippen LogP contribution in [0.3, 0.4) is 0 Å². The van der Waals surface area contributed by atoms with Crippen LogP contribution in [0.25, 0.3) is 22.4 Å². The predicted octanol–water partition coefficient (Wildman–Crippen LogP) is 4.24. The minimum Gasteiger partial charge on any atom is -0.481 e. The lowest BCUT2D eigenvalue weighted by molar-refractivity contribution is -0.136. The molecule has 0 amide bonds. The molecule has 154 valence electrons. The standard InChI is InChI=1S/C24H26N4O2/c1-4-19-18(14-23(29)30)21(5-2)28(26-19)15-16-10-12-17(13-11-16)24-25-20-8-6-7-9-22(20)27(24)3/h6-13H,4-5,14-15H2,1-3H3,(H,29,30). The van der Waals surface area contributed by atoms with E-state index in [9.17, 15) is 9.90 Å². The van der Waals surface area contributed by atoms with Crippen molar-refractivity contribution < 1.29 is 9.90 Å². The molecule has 2 aromatic carbocycles. The number of aliphatic carboxylic acids is 1. The molecule has 2 aromatic heterocycles. The summed E-state index contributed by atoms with van der Waals surface area (Å²) >= 11 is 0. The number of carboxylic acids is 1. The van der Waals surface area contributed by atoms with E-state index in [0.29, 0.717) is 6.54 Å². The molecule has 1 N–H and O–H groups in total. The molecule has 6 heteroatoms. The Kier molecular flexibility index (Phi) is 5.40. The number of rotatable bonds is 7. The van der Waals surface area contributed by atoms with Gasteiger partial charge in [0.1, 0.15) is 5.82 Å². The van der Waals surface area contributed by atoms with E-state index in [2.05, 4.69) is 34.9 Å². The van der Waals surface area contributed by atoms with E-state index in [1.54, 1.807) is 0 Å². The Labute approximate surface area is 175 Å². The van der Waals surface area contributed by atoms with E-state index in [1.807, 2.05) is 43.8 Å². The molecule has 0 aliphatic carbocycles. The Hall–Kier alpha value is -3.41. The van der Waals surface area contributed by atoms with Crippen LogP contribution >= 0.6 is 0 Å². The summed E-state index contributed by atoms with van der Waals surface area (Å²) in [5.74, 6) is 0.124. The first kappa shape index (κ1) is 19.9. The van der Waals surface area contributed by atoms with Gasteiger partial charge >= 0.3 is 5.97 Å². The Balaban J connectivity index is 1.63. The topological polar surface area (TPSA) is 72.9 Å². The molecular formula is C24H26N4O2. The number of imidazole rings is 1. The summed E-state index contributed by atoms with van der Waals surface area (Å²) in [6.45, 7) is 4.69. The van der Waals surface area contributed by atoms with Crippen molar-refractivity contribution in [3.8, 4) is 11.4 Å². The van der Waals surface area contributed by atoms with Gasteiger partial charge in [-0.05, 0) is 30.5 Å². The molecule has 0 spiro atoms. The van der Waals surface area contributed by atoms with Gasteiger partial charge in [-0.15, -0.1) is 0 Å². The van der Waals surface area contributed by atoms with Crippen molar-refractivity contribution in [1.82, 2.24) is 19.3 Å². The molecule has 0 aliphatic heterocycles. The van der Waals surface area contributed by atoms with Crippen molar-refractivity contribution in [2.45, 2.75) is 39.7 Å². The maximum atomic E-state index is 11.3. The molecular weight excluding hydrogens is 376 g/mol. The molecule has 0 radical (unpaired) electrons. The molecule has 30 heavy (non-hydrogen) atoms. The van der Waals surface area contributed by atoms with Gasteiger partial charge in [0.25, 0.3) is 0 Å². The summed E-state index contributed by atoms with van der Waals surface area (Å²) in [5, 5.41) is 14.0. The van der Waals surface area contributed by atoms with E-state index in [4.69, 9.17) is 10.1 Å². The van der Waals surface area contributed by atoms with Crippen LogP contribution in [0.15, 0.2) is 48.5 Å². The van der Waals surface area contributed by atoms with Crippen LogP contribution in [0.1, 0.15) is 36.4 Å². The van der Waals surface area contributed by atoms with Crippen LogP contribution < -0.4 is 0 Å². The molecule has 0 fully saturated rings. The fraction of sp³-hybridized carbons (Fsp3) is 0.292. The van der Waals surface area contributed by atoms with Gasteiger partial charge in [-0.3, -0.25) is 9.48 Å². The van der Waals surface area contributed by atoms with Gasteiger partial charge in [0, 0.05) is 23.9 Å². The number of aryl methyl sites for hydroxylation is 2. The minimum atomic E-state index is -0.814. The van der Waals surface area contributed by atoms with E-state index >= 15 is 0 Å². The molecule has 4 rings (SSSR count). The van der Waals surface area contributed by atoms with Crippen LogP contribution in [0.5, 0.6) is 0 Å². The first-order chi connectivity index (χ1) is 14.5. The lowest BCUT2D eigenvalue weighted by Crippen LogP contribution is -2.08. The number of carbonyl (C=O) groups is 1. The zero-order chi connectivity index (χ0) is 21.3. The number of hydrogen-bond donors (Lipinski definition) is 1. The number of fused-ring (bicyclic) bond motifs is 1. The highest BCUT2D eigenvalue weighted by atomic mass is 16.4. The van der Waals surface area contributed by atoms with Crippen LogP contribution in [0, 0.1) is 0 Å². The van der Waals surface area contributed by atoms with E-state index in [0.717, 1.165) is 57.8 Å². The van der Waals surface area contributed by atoms with Gasteiger partial charge in [0.05, 0.1) is 29.7 Å². The summed E-state index contributed by atoms with van der Waals surface area (Å²) in [5.41, 5.74) is 7.04. The monoisotopic (exact) mass is 402 g/mol. The van der Waals surface area contributed by atoms with Gasteiger partial charge in [-0.1, -0.05) is 50.2 Å². The summed E-state index contributed by atoms with van der Waals surface area (Å²) in [4.78, 5) is 16.1. The molecule has 6 nitrogen and oxygen atoms in total. The summed E-state index contributed by atoms with van der Waals surface area (Å²) in [6.07, 6.45) is 1.51. The van der Waals surface area contributed by atoms with E-state index in [1.165, 1.54) is 0 Å². The first-order valence-electron chi connectivity index (χ1n) is 10.3. The van der Waals surface area contributed by atoms with Crippen LogP contribution in [-0.4, -0.2) is 30.4 Å². The third-order valence-electron chi connectivity index (χ3n) is 5.58. The minimum absolute atomic E-state index is 0.0258. The molecule has 0 saturated carbocycles. The van der Waals surface area contributed by atoms with Gasteiger partial charge in [0.15, 0.2) is 0 Å². The van der Waals surface area contributed by atoms with E-state index < -0.39 is 5.97 Å². The van der Waals surface area contributed by atoms with Crippen molar-refractivity contribution in [2.24, 2.45) is 7.05 Å². The quantitative estimate of drug-likeness (QED) is 0.502. The van der Waals surface area contributed by atoms with Crippen molar-refractivity contribution in [2.75, 3.05) is 0 Å². The highest BCUT2D eigenvalue weighted by molar-refractivity contribution is 5.80. The molecule has 0 saturated heterocycles. The molecule has 2 heterocycles.